The molecular weight excluding hydrogens is 576 g/mol. The Morgan fingerprint density at radius 1 is 0.933 bits per heavy atom. The first-order valence-corrected chi connectivity index (χ1v) is 17.4. The van der Waals surface area contributed by atoms with Gasteiger partial charge in [-0.1, -0.05) is 104 Å². The zero-order chi connectivity index (χ0) is 33.7. The fraction of sp³-hybridized carbons (Fsp3) is 0.857. The van der Waals surface area contributed by atoms with E-state index in [4.69, 9.17) is 9.47 Å². The van der Waals surface area contributed by atoms with E-state index in [1.165, 1.54) is 64.6 Å². The second-order valence-corrected chi connectivity index (χ2v) is 13.6. The number of methoxy groups -OCH3 is 1. The van der Waals surface area contributed by atoms with Crippen molar-refractivity contribution < 1.29 is 39.2 Å². The van der Waals surface area contributed by atoms with Crippen LogP contribution < -0.4 is 5.32 Å². The van der Waals surface area contributed by atoms with Crippen LogP contribution in [0.5, 0.6) is 0 Å². The number of ether oxygens (including phenoxy) is 2. The minimum atomic E-state index is -1.72. The summed E-state index contributed by atoms with van der Waals surface area (Å²) in [6.07, 6.45) is 13.1. The molecule has 0 saturated carbocycles. The minimum absolute atomic E-state index is 0.205. The zero-order valence-electron chi connectivity index (χ0n) is 28.8. The van der Waals surface area contributed by atoms with Gasteiger partial charge in [0.05, 0.1) is 6.61 Å². The van der Waals surface area contributed by atoms with Crippen LogP contribution in [0.4, 0.5) is 0 Å². The van der Waals surface area contributed by atoms with E-state index in [9.17, 15) is 29.7 Å². The molecule has 0 aromatic rings. The number of esters is 1. The van der Waals surface area contributed by atoms with Crippen LogP contribution in [-0.2, 0) is 23.9 Å². The average Bonchev–Trinajstić information content (AvgIpc) is 3.16. The summed E-state index contributed by atoms with van der Waals surface area (Å²) in [5, 5.41) is 34.0. The third kappa shape index (κ3) is 18.1. The molecule has 1 aliphatic heterocycles. The number of allylic oxidation sites excluding steroid dienone is 1. The van der Waals surface area contributed by atoms with E-state index in [2.05, 4.69) is 12.2 Å². The molecule has 1 fully saturated rings. The van der Waals surface area contributed by atoms with Gasteiger partial charge in [-0.25, -0.2) is 0 Å². The first kappa shape index (κ1) is 41.0. The highest BCUT2D eigenvalue weighted by molar-refractivity contribution is 5.89. The smallest absolute Gasteiger partial charge is 0.305 e. The first-order valence-electron chi connectivity index (χ1n) is 17.4. The summed E-state index contributed by atoms with van der Waals surface area (Å²) in [7, 11) is 1.22. The number of hydrogen-bond acceptors (Lipinski definition) is 8. The van der Waals surface area contributed by atoms with Gasteiger partial charge in [-0.2, -0.15) is 0 Å². The summed E-state index contributed by atoms with van der Waals surface area (Å²) in [4.78, 5) is 40.1. The maximum absolute atomic E-state index is 13.2. The van der Waals surface area contributed by atoms with Crippen molar-refractivity contribution in [3.8, 4) is 0 Å². The standard InChI is InChI=1S/C35H64N2O8/c1-6-7-8-9-10-11-12-13-14-15-16-21-29(39)45-26-19-25-37-24-18-17-20-27(34(37)43)36-33(42)32(44-5)31(41)30(40)28(38)22-23-35(2,3)4/h22-23,27-28,30-32,38,40-41H,6-21,24-26H2,1-5H3,(H,36,42)/b23-22+/t27-,28+,30-,31+,32+/m0/s1. The number of unbranched alkanes of at least 4 members (excludes halogenated alkanes) is 10. The van der Waals surface area contributed by atoms with Crippen LogP contribution in [0.3, 0.4) is 0 Å². The van der Waals surface area contributed by atoms with Gasteiger partial charge in [0.2, 0.25) is 5.91 Å². The van der Waals surface area contributed by atoms with Crippen LogP contribution >= 0.6 is 0 Å². The molecule has 0 radical (unpaired) electrons. The molecule has 0 aromatic heterocycles. The zero-order valence-corrected chi connectivity index (χ0v) is 28.8. The van der Waals surface area contributed by atoms with Gasteiger partial charge in [0.1, 0.15) is 24.4 Å². The van der Waals surface area contributed by atoms with Crippen LogP contribution in [0.1, 0.15) is 130 Å². The number of amides is 2. The summed E-state index contributed by atoms with van der Waals surface area (Å²) in [6.45, 7) is 9.18. The highest BCUT2D eigenvalue weighted by Crippen LogP contribution is 2.18. The van der Waals surface area contributed by atoms with E-state index >= 15 is 0 Å². The lowest BCUT2D eigenvalue weighted by molar-refractivity contribution is -0.152. The summed E-state index contributed by atoms with van der Waals surface area (Å²) in [6, 6.07) is -0.809. The molecule has 0 spiro atoms. The summed E-state index contributed by atoms with van der Waals surface area (Å²) in [5.74, 6) is -1.19. The third-order valence-corrected chi connectivity index (χ3v) is 8.23. The fourth-order valence-electron chi connectivity index (χ4n) is 5.45. The SMILES string of the molecule is CCCCCCCCCCCCCC(=O)OCCCN1CCCC[C@H](NC(=O)[C@H](OC)[C@H](O)[C@@H](O)[C@H](O)/C=C/C(C)(C)C)C1=O. The van der Waals surface area contributed by atoms with Crippen molar-refractivity contribution in [1.82, 2.24) is 10.2 Å². The van der Waals surface area contributed by atoms with E-state index in [-0.39, 0.29) is 23.9 Å². The van der Waals surface area contributed by atoms with Crippen molar-refractivity contribution in [1.29, 1.82) is 0 Å². The Bertz CT molecular complexity index is 859. The predicted octanol–water partition coefficient (Wildman–Crippen LogP) is 4.82. The molecule has 262 valence electrons. The number of carbonyl (C=O) groups excluding carboxylic acids is 3. The molecule has 2 amide bonds. The molecule has 10 heteroatoms. The lowest BCUT2D eigenvalue weighted by Crippen LogP contribution is -2.55. The number of likely N-dealkylation sites (tertiary alicyclic amines) is 1. The number of carbonyl (C=O) groups is 3. The Balaban J connectivity index is 2.40. The highest BCUT2D eigenvalue weighted by Gasteiger charge is 2.37. The monoisotopic (exact) mass is 640 g/mol. The molecule has 45 heavy (non-hydrogen) atoms. The maximum Gasteiger partial charge on any atom is 0.305 e. The number of aliphatic hydroxyl groups is 3. The molecular formula is C35H64N2O8. The highest BCUT2D eigenvalue weighted by atomic mass is 16.5. The normalized spacial score (nSPS) is 18.8. The largest absolute Gasteiger partial charge is 0.466 e. The molecule has 4 N–H and O–H groups in total. The molecule has 10 nitrogen and oxygen atoms in total. The van der Waals surface area contributed by atoms with E-state index in [0.717, 1.165) is 32.1 Å². The second kappa shape index (κ2) is 23.3. The Morgan fingerprint density at radius 2 is 1.53 bits per heavy atom. The van der Waals surface area contributed by atoms with Gasteiger partial charge in [0.15, 0.2) is 6.10 Å². The van der Waals surface area contributed by atoms with Crippen LogP contribution in [0.25, 0.3) is 0 Å². The number of nitrogens with one attached hydrogen (secondary N) is 1. The van der Waals surface area contributed by atoms with Crippen molar-refractivity contribution in [3.63, 3.8) is 0 Å². The van der Waals surface area contributed by atoms with E-state index < -0.39 is 36.4 Å². The molecule has 0 unspecified atom stereocenters. The summed E-state index contributed by atoms with van der Waals surface area (Å²) >= 11 is 0. The molecule has 1 heterocycles. The topological polar surface area (TPSA) is 146 Å². The van der Waals surface area contributed by atoms with Gasteiger partial charge < -0.3 is 35.0 Å². The molecule has 0 aliphatic carbocycles. The van der Waals surface area contributed by atoms with Gasteiger partial charge in [-0.15, -0.1) is 0 Å². The quantitative estimate of drug-likeness (QED) is 0.0707. The summed E-state index contributed by atoms with van der Waals surface area (Å²) in [5.41, 5.74) is -0.247. The molecule has 1 rings (SSSR count). The van der Waals surface area contributed by atoms with E-state index in [1.54, 1.807) is 11.0 Å². The Labute approximate surface area is 272 Å². The molecule has 0 aromatic carbocycles. The van der Waals surface area contributed by atoms with Gasteiger partial charge in [-0.05, 0) is 37.5 Å². The number of nitrogens with zero attached hydrogens (tertiary/aromatic N) is 1. The third-order valence-electron chi connectivity index (χ3n) is 8.23. The number of aliphatic hydroxyl groups excluding tert-OH is 3. The first-order chi connectivity index (χ1) is 21.4. The van der Waals surface area contributed by atoms with Crippen molar-refractivity contribution in [2.24, 2.45) is 5.41 Å². The van der Waals surface area contributed by atoms with Gasteiger partial charge >= 0.3 is 5.97 Å². The van der Waals surface area contributed by atoms with Crippen molar-refractivity contribution in [2.75, 3.05) is 26.8 Å². The Morgan fingerprint density at radius 3 is 2.11 bits per heavy atom. The molecule has 1 aliphatic rings. The molecule has 1 saturated heterocycles. The van der Waals surface area contributed by atoms with Crippen LogP contribution in [0, 0.1) is 5.41 Å². The molecule has 5 atom stereocenters. The van der Waals surface area contributed by atoms with Crippen molar-refractivity contribution in [3.05, 3.63) is 12.2 Å². The minimum Gasteiger partial charge on any atom is -0.466 e. The van der Waals surface area contributed by atoms with Crippen LogP contribution in [0.15, 0.2) is 12.2 Å². The van der Waals surface area contributed by atoms with Gasteiger partial charge in [0, 0.05) is 26.6 Å². The Hall–Kier alpha value is -2.01. The van der Waals surface area contributed by atoms with Crippen molar-refractivity contribution in [2.45, 2.75) is 161 Å². The number of hydrogen-bond donors (Lipinski definition) is 4. The number of rotatable bonds is 23. The average molecular weight is 641 g/mol. The lowest BCUT2D eigenvalue weighted by Gasteiger charge is -2.29. The van der Waals surface area contributed by atoms with Crippen LogP contribution in [-0.4, -0.2) is 95.3 Å². The Kier molecular flexibility index (Phi) is 21.3. The van der Waals surface area contributed by atoms with Crippen molar-refractivity contribution >= 4 is 17.8 Å². The molecule has 0 bridgehead atoms. The second-order valence-electron chi connectivity index (χ2n) is 13.6. The van der Waals surface area contributed by atoms with E-state index in [0.29, 0.717) is 32.4 Å². The lowest BCUT2D eigenvalue weighted by atomic mass is 9.94. The summed E-state index contributed by atoms with van der Waals surface area (Å²) < 4.78 is 10.6. The van der Waals surface area contributed by atoms with Gasteiger partial charge in [-0.3, -0.25) is 14.4 Å². The fourth-order valence-corrected chi connectivity index (χ4v) is 5.45. The maximum atomic E-state index is 13.2. The van der Waals surface area contributed by atoms with Gasteiger partial charge in [0.25, 0.3) is 5.91 Å². The van der Waals surface area contributed by atoms with Crippen LogP contribution in [0.2, 0.25) is 0 Å². The predicted molar refractivity (Wildman–Crippen MR) is 176 cm³/mol. The van der Waals surface area contributed by atoms with E-state index in [1.807, 2.05) is 20.8 Å².